The van der Waals surface area contributed by atoms with Gasteiger partial charge < -0.3 is 82.0 Å². The molecule has 0 aromatic heterocycles. The molecule has 7 fully saturated rings. The second-order valence-corrected chi connectivity index (χ2v) is 23.9. The Balaban J connectivity index is 0.877. The van der Waals surface area contributed by atoms with Gasteiger partial charge in [-0.15, -0.1) is 0 Å². The molecule has 19 heteroatoms. The number of methoxy groups -OCH3 is 4. The summed E-state index contributed by atoms with van der Waals surface area (Å²) in [5, 5.41) is 48.5. The maximum Gasteiger partial charge on any atom is 0.330 e. The van der Waals surface area contributed by atoms with E-state index in [0.29, 0.717) is 44.9 Å². The first kappa shape index (κ1) is 59.1. The molecule has 8 rings (SSSR count). The lowest BCUT2D eigenvalue weighted by atomic mass is 9.42. The van der Waals surface area contributed by atoms with E-state index in [1.807, 2.05) is 47.6 Å². The summed E-state index contributed by atoms with van der Waals surface area (Å²) in [5.41, 5.74) is -6.10. The van der Waals surface area contributed by atoms with Gasteiger partial charge in [0.05, 0.1) is 60.4 Å². The zero-order chi connectivity index (χ0) is 54.7. The molecule has 4 aliphatic heterocycles. The quantitative estimate of drug-likeness (QED) is 0.0892. The third-order valence-electron chi connectivity index (χ3n) is 19.6. The molecule has 4 aliphatic carbocycles. The van der Waals surface area contributed by atoms with E-state index in [1.54, 1.807) is 42.3 Å². The Hall–Kier alpha value is -2.02. The summed E-state index contributed by atoms with van der Waals surface area (Å²) >= 11 is 0. The van der Waals surface area contributed by atoms with Crippen LogP contribution in [-0.2, 0) is 71.2 Å². The molecule has 0 radical (unpaired) electrons. The number of aliphatic hydroxyl groups is 4. The van der Waals surface area contributed by atoms with Crippen LogP contribution in [0.3, 0.4) is 0 Å². The van der Waals surface area contributed by atoms with Gasteiger partial charge >= 0.3 is 5.97 Å². The Morgan fingerprint density at radius 1 is 0.667 bits per heavy atom. The van der Waals surface area contributed by atoms with Gasteiger partial charge in [-0.2, -0.15) is 0 Å². The van der Waals surface area contributed by atoms with Gasteiger partial charge in [0, 0.05) is 66.1 Å². The topological polar surface area (TPSA) is 235 Å². The lowest BCUT2D eigenvalue weighted by Crippen LogP contribution is -2.78. The van der Waals surface area contributed by atoms with Crippen molar-refractivity contribution in [2.45, 2.75) is 267 Å². The van der Waals surface area contributed by atoms with Gasteiger partial charge in [0.1, 0.15) is 47.3 Å². The molecule has 19 nitrogen and oxygen atoms in total. The number of hydrogen-bond acceptors (Lipinski definition) is 19. The fraction of sp³-hybridized carbons (Fsp3) is 0.893. The van der Waals surface area contributed by atoms with Crippen molar-refractivity contribution in [1.29, 1.82) is 0 Å². The minimum Gasteiger partial charge on any atom is -0.458 e. The van der Waals surface area contributed by atoms with Crippen LogP contribution in [0.1, 0.15) is 140 Å². The molecule has 4 N–H and O–H groups in total. The monoisotopic (exact) mass is 1070 g/mol. The van der Waals surface area contributed by atoms with Gasteiger partial charge in [0.25, 0.3) is 0 Å². The molecule has 0 amide bonds. The molecule has 8 aliphatic rings. The van der Waals surface area contributed by atoms with Gasteiger partial charge in [-0.1, -0.05) is 38.0 Å². The minimum absolute atomic E-state index is 0.0344. The first-order valence-electron chi connectivity index (χ1n) is 27.6. The van der Waals surface area contributed by atoms with E-state index in [-0.39, 0.29) is 43.8 Å². The maximum atomic E-state index is 13.6. The van der Waals surface area contributed by atoms with E-state index >= 15 is 0 Å². The predicted octanol–water partition coefficient (Wildman–Crippen LogP) is 5.12. The fourth-order valence-electron chi connectivity index (χ4n) is 14.6. The SMILES string of the molecule is CO[C@H]1C[C@@H](O[C@H]2[C@H](C)O[C@H](O[C@H]3[C@@H](C)O[C@H](O[C@H]4[C@@H](OC)C[C@H](O[C@@H]5CC[C@]6(C)C(=CC[C@@]7(O)[C@H]6C[C@H](OC(=O)/C=C(\C)C(C)C)[C@]6(C)[C@@]7(O)CC[C@]6(O)C(C)=O)C5)O[C@@H]4C)C[C@H]3OC)C[C@H]2OC)O[C@H](C)[C@H]1O. The standard InChI is InChI=1S/C56H90O19/c1-28(2)29(3)21-43(58)72-42-27-41-52(9)17-16-36(22-35(52)15-18-55(41,61)56(62)20-19-54(60,34(8)57)53(42,56)10)71-44-24-38(64-12)49(31(5)68-44)74-46-26-40(66-14)51(33(7)70-46)75-47-25-39(65-13)50(32(6)69-47)73-45-23-37(63-11)48(59)30(4)67-45/h15,21,28,30-33,36-42,44-51,59-62H,16-20,22-27H2,1-14H3/b29-21+/t30-,31-,32+,33-,36-,37+,38+,39-,40-,41+,42+,44+,45-,46-,47-,48-,49-,50+,51+,52-,53+,54+,55-,56+/m1/s1. The lowest BCUT2D eigenvalue weighted by Gasteiger charge is -2.67. The first-order valence-corrected chi connectivity index (χ1v) is 27.6. The number of ketones is 1. The Kier molecular flexibility index (Phi) is 18.0. The molecule has 3 saturated carbocycles. The largest absolute Gasteiger partial charge is 0.458 e. The molecule has 0 bridgehead atoms. The number of aliphatic hydroxyl groups excluding tert-OH is 1. The predicted molar refractivity (Wildman–Crippen MR) is 269 cm³/mol. The van der Waals surface area contributed by atoms with E-state index in [2.05, 4.69) is 6.92 Å². The summed E-state index contributed by atoms with van der Waals surface area (Å²) < 4.78 is 81.6. The van der Waals surface area contributed by atoms with E-state index in [4.69, 9.17) is 61.6 Å². The molecule has 4 heterocycles. The number of fused-ring (bicyclic) bond motifs is 5. The minimum atomic E-state index is -2.02. The summed E-state index contributed by atoms with van der Waals surface area (Å²) in [7, 11) is 6.49. The van der Waals surface area contributed by atoms with Gasteiger partial charge in [-0.05, 0) is 105 Å². The van der Waals surface area contributed by atoms with Crippen molar-refractivity contribution in [3.8, 4) is 0 Å². The number of Topliss-reactive ketones (excluding diaryl/α,β-unsaturated/α-hetero) is 1. The summed E-state index contributed by atoms with van der Waals surface area (Å²) in [6.45, 7) is 18.4. The Morgan fingerprint density at radius 3 is 1.60 bits per heavy atom. The van der Waals surface area contributed by atoms with Crippen LogP contribution < -0.4 is 0 Å². The third kappa shape index (κ3) is 10.6. The molecule has 428 valence electrons. The van der Waals surface area contributed by atoms with E-state index in [0.717, 1.165) is 11.1 Å². The fourth-order valence-corrected chi connectivity index (χ4v) is 14.6. The van der Waals surface area contributed by atoms with Crippen LogP contribution in [-0.4, -0.2) is 188 Å². The molecule has 4 saturated heterocycles. The van der Waals surface area contributed by atoms with Crippen LogP contribution in [0.4, 0.5) is 0 Å². The zero-order valence-electron chi connectivity index (χ0n) is 46.9. The lowest BCUT2D eigenvalue weighted by molar-refractivity contribution is -0.347. The van der Waals surface area contributed by atoms with Crippen LogP contribution in [0, 0.1) is 22.7 Å². The number of esters is 1. The maximum absolute atomic E-state index is 13.6. The number of hydrogen-bond donors (Lipinski definition) is 4. The normalized spacial score (nSPS) is 49.3. The molecule has 0 spiro atoms. The van der Waals surface area contributed by atoms with Crippen molar-refractivity contribution in [3.63, 3.8) is 0 Å². The summed E-state index contributed by atoms with van der Waals surface area (Å²) in [4.78, 5) is 26.9. The van der Waals surface area contributed by atoms with Crippen molar-refractivity contribution < 1.29 is 91.6 Å². The molecule has 0 aromatic carbocycles. The summed E-state index contributed by atoms with van der Waals surface area (Å²) in [6, 6.07) is 0. The van der Waals surface area contributed by atoms with Gasteiger partial charge in [0.15, 0.2) is 30.9 Å². The number of rotatable bonds is 16. The van der Waals surface area contributed by atoms with Gasteiger partial charge in [0.2, 0.25) is 0 Å². The Morgan fingerprint density at radius 2 is 1.13 bits per heavy atom. The smallest absolute Gasteiger partial charge is 0.330 e. The number of carbonyl (C=O) groups excluding carboxylic acids is 2. The summed E-state index contributed by atoms with van der Waals surface area (Å²) in [6.07, 6.45) is -2.49. The molecule has 0 aromatic rings. The highest BCUT2D eigenvalue weighted by molar-refractivity contribution is 5.87. The number of carbonyl (C=O) groups is 2. The average Bonchev–Trinajstić information content (AvgIpc) is 3.59. The highest BCUT2D eigenvalue weighted by Crippen LogP contribution is 2.71. The first-order chi connectivity index (χ1) is 35.3. The Labute approximate surface area is 443 Å². The second-order valence-electron chi connectivity index (χ2n) is 23.9. The highest BCUT2D eigenvalue weighted by atomic mass is 16.8. The summed E-state index contributed by atoms with van der Waals surface area (Å²) in [5.74, 6) is -1.61. The van der Waals surface area contributed by atoms with Crippen molar-refractivity contribution in [2.75, 3.05) is 28.4 Å². The van der Waals surface area contributed by atoms with Crippen LogP contribution in [0.5, 0.6) is 0 Å². The highest BCUT2D eigenvalue weighted by Gasteiger charge is 2.81. The van der Waals surface area contributed by atoms with Crippen LogP contribution in [0.15, 0.2) is 23.3 Å². The number of allylic oxidation sites excluding steroid dienone is 1. The van der Waals surface area contributed by atoms with Crippen molar-refractivity contribution >= 4 is 11.8 Å². The molecular weight excluding hydrogens is 977 g/mol. The Bertz CT molecular complexity index is 2070. The van der Waals surface area contributed by atoms with Crippen molar-refractivity contribution in [3.05, 3.63) is 23.3 Å². The molecular formula is C56H90O19. The van der Waals surface area contributed by atoms with Crippen LogP contribution >= 0.6 is 0 Å². The van der Waals surface area contributed by atoms with Gasteiger partial charge in [-0.25, -0.2) is 4.79 Å². The van der Waals surface area contributed by atoms with Crippen LogP contribution in [0.25, 0.3) is 0 Å². The average molecular weight is 1070 g/mol. The molecule has 24 atom stereocenters. The molecule has 0 unspecified atom stereocenters. The van der Waals surface area contributed by atoms with Crippen molar-refractivity contribution in [2.24, 2.45) is 22.7 Å². The van der Waals surface area contributed by atoms with Crippen LogP contribution in [0.2, 0.25) is 0 Å². The number of ether oxygens (including phenoxy) is 13. The third-order valence-corrected chi connectivity index (χ3v) is 19.6. The van der Waals surface area contributed by atoms with E-state index in [1.165, 1.54) is 13.0 Å². The van der Waals surface area contributed by atoms with E-state index in [9.17, 15) is 30.0 Å². The second kappa shape index (κ2) is 22.8. The molecule has 75 heavy (non-hydrogen) atoms. The van der Waals surface area contributed by atoms with E-state index < -0.39 is 144 Å². The zero-order valence-corrected chi connectivity index (χ0v) is 46.9. The van der Waals surface area contributed by atoms with Crippen molar-refractivity contribution in [1.82, 2.24) is 0 Å². The van der Waals surface area contributed by atoms with Gasteiger partial charge in [-0.3, -0.25) is 4.79 Å².